The lowest BCUT2D eigenvalue weighted by Crippen LogP contribution is -2.41. The van der Waals surface area contributed by atoms with Crippen LogP contribution in [0.3, 0.4) is 0 Å². The predicted molar refractivity (Wildman–Crippen MR) is 143 cm³/mol. The first-order valence-electron chi connectivity index (χ1n) is 13.1. The summed E-state index contributed by atoms with van der Waals surface area (Å²) in [6.45, 7) is 18.3. The molecule has 0 radical (unpaired) electrons. The van der Waals surface area contributed by atoms with Crippen molar-refractivity contribution in [3.63, 3.8) is 0 Å². The van der Waals surface area contributed by atoms with E-state index in [0.29, 0.717) is 38.8 Å². The summed E-state index contributed by atoms with van der Waals surface area (Å²) in [5.41, 5.74) is -0.465. The lowest BCUT2D eigenvalue weighted by atomic mass is 9.91. The van der Waals surface area contributed by atoms with Gasteiger partial charge in [-0.1, -0.05) is 62.3 Å². The number of ketones is 2. The Labute approximate surface area is 218 Å². The van der Waals surface area contributed by atoms with E-state index < -0.39 is 0 Å². The van der Waals surface area contributed by atoms with Gasteiger partial charge in [-0.05, 0) is 29.1 Å². The maximum absolute atomic E-state index is 12.8. The Hall–Kier alpha value is -2.25. The second-order valence-corrected chi connectivity index (χ2v) is 13.4. The molecule has 0 rings (SSSR count). The molecule has 0 atom stereocenters. The lowest BCUT2D eigenvalue weighted by molar-refractivity contribution is -0.139. The van der Waals surface area contributed by atoms with E-state index in [1.807, 2.05) is 62.3 Å². The molecule has 36 heavy (non-hydrogen) atoms. The molecule has 0 aromatic heterocycles. The van der Waals surface area contributed by atoms with Gasteiger partial charge in [0.25, 0.3) is 0 Å². The average molecular weight is 510 g/mol. The van der Waals surface area contributed by atoms with E-state index in [-0.39, 0.29) is 77.9 Å². The van der Waals surface area contributed by atoms with Gasteiger partial charge in [0.15, 0.2) is 11.6 Å². The van der Waals surface area contributed by atoms with E-state index in [1.54, 1.807) is 0 Å². The third-order valence-corrected chi connectivity index (χ3v) is 5.06. The molecule has 8 nitrogen and oxygen atoms in total. The van der Waals surface area contributed by atoms with Gasteiger partial charge in [0.1, 0.15) is 0 Å². The molecule has 0 heterocycles. The highest BCUT2D eigenvalue weighted by Crippen LogP contribution is 2.20. The van der Waals surface area contributed by atoms with Crippen molar-refractivity contribution in [2.24, 2.45) is 16.2 Å². The molecule has 0 bridgehead atoms. The molecule has 208 valence electrons. The third kappa shape index (κ3) is 20.0. The number of hydrogen-bond acceptors (Lipinski definition) is 5. The highest BCUT2D eigenvalue weighted by atomic mass is 16.2. The van der Waals surface area contributed by atoms with Crippen LogP contribution in [-0.2, 0) is 24.0 Å². The fourth-order valence-electron chi connectivity index (χ4n) is 3.50. The van der Waals surface area contributed by atoms with Gasteiger partial charge in [-0.25, -0.2) is 0 Å². The number of amides is 3. The summed E-state index contributed by atoms with van der Waals surface area (Å²) < 4.78 is 0. The Morgan fingerprint density at radius 1 is 0.556 bits per heavy atom. The standard InChI is InChI=1S/C28H51N3O5/c1-26(2,3)16-23(34)29-14-10-12-21(32)19-31(25(36)18-28(7,8)9)20-22(33)13-11-15-30-24(35)17-27(4,5)6/h10-20H2,1-9H3,(H,29,34)(H,30,35). The van der Waals surface area contributed by atoms with Gasteiger partial charge >= 0.3 is 0 Å². The van der Waals surface area contributed by atoms with Gasteiger partial charge in [-0.15, -0.1) is 0 Å². The predicted octanol–water partition coefficient (Wildman–Crippen LogP) is 4.05. The molecule has 0 aliphatic heterocycles. The number of nitrogens with one attached hydrogen (secondary N) is 2. The second kappa shape index (κ2) is 15.1. The largest absolute Gasteiger partial charge is 0.356 e. The number of Topliss-reactive ketones (excluding diaryl/α,β-unsaturated/α-hetero) is 2. The van der Waals surface area contributed by atoms with Crippen LogP contribution in [0.2, 0.25) is 0 Å². The van der Waals surface area contributed by atoms with Gasteiger partial charge in [0.2, 0.25) is 17.7 Å². The molecule has 8 heteroatoms. The Kier molecular flexibility index (Phi) is 14.2. The quantitative estimate of drug-likeness (QED) is 0.323. The SMILES string of the molecule is CC(C)(C)CC(=O)NCCCC(=O)CN(CC(=O)CCCNC(=O)CC(C)(C)C)C(=O)CC(C)(C)C. The molecule has 0 saturated carbocycles. The zero-order valence-electron chi connectivity index (χ0n) is 24.3. The molecule has 2 N–H and O–H groups in total. The number of carbonyl (C=O) groups excluding carboxylic acids is 5. The third-order valence-electron chi connectivity index (χ3n) is 5.06. The van der Waals surface area contributed by atoms with E-state index in [2.05, 4.69) is 10.6 Å². The average Bonchev–Trinajstić information content (AvgIpc) is 2.64. The molecule has 0 aliphatic rings. The Morgan fingerprint density at radius 2 is 0.889 bits per heavy atom. The maximum atomic E-state index is 12.8. The van der Waals surface area contributed by atoms with Crippen molar-refractivity contribution >= 4 is 29.3 Å². The number of nitrogens with zero attached hydrogens (tertiary/aromatic N) is 1. The molecule has 0 aromatic carbocycles. The molecule has 0 spiro atoms. The first-order chi connectivity index (χ1) is 16.3. The Bertz CT molecular complexity index is 705. The normalized spacial score (nSPS) is 12.1. The van der Waals surface area contributed by atoms with E-state index in [9.17, 15) is 24.0 Å². The topological polar surface area (TPSA) is 113 Å². The molecular formula is C28H51N3O5. The zero-order valence-corrected chi connectivity index (χ0v) is 24.3. The monoisotopic (exact) mass is 509 g/mol. The van der Waals surface area contributed by atoms with E-state index in [0.717, 1.165) is 0 Å². The van der Waals surface area contributed by atoms with Crippen LogP contribution >= 0.6 is 0 Å². The highest BCUT2D eigenvalue weighted by Gasteiger charge is 2.25. The molecular weight excluding hydrogens is 458 g/mol. The molecule has 0 aliphatic carbocycles. The summed E-state index contributed by atoms with van der Waals surface area (Å²) in [7, 11) is 0. The van der Waals surface area contributed by atoms with Crippen molar-refractivity contribution in [1.29, 1.82) is 0 Å². The van der Waals surface area contributed by atoms with Crippen LogP contribution in [0, 0.1) is 16.2 Å². The zero-order chi connectivity index (χ0) is 28.2. The van der Waals surface area contributed by atoms with Crippen molar-refractivity contribution in [2.75, 3.05) is 26.2 Å². The van der Waals surface area contributed by atoms with Crippen LogP contribution in [0.25, 0.3) is 0 Å². The minimum Gasteiger partial charge on any atom is -0.356 e. The molecule has 0 aromatic rings. The van der Waals surface area contributed by atoms with Crippen LogP contribution in [0.5, 0.6) is 0 Å². The lowest BCUT2D eigenvalue weighted by Gasteiger charge is -2.26. The maximum Gasteiger partial charge on any atom is 0.223 e. The summed E-state index contributed by atoms with van der Waals surface area (Å²) in [6.07, 6.45) is 2.48. The smallest absolute Gasteiger partial charge is 0.223 e. The summed E-state index contributed by atoms with van der Waals surface area (Å²) in [5.74, 6) is -0.579. The van der Waals surface area contributed by atoms with Crippen molar-refractivity contribution < 1.29 is 24.0 Å². The summed E-state index contributed by atoms with van der Waals surface area (Å²) >= 11 is 0. The van der Waals surface area contributed by atoms with Gasteiger partial charge in [0, 0.05) is 45.2 Å². The van der Waals surface area contributed by atoms with Crippen LogP contribution in [-0.4, -0.2) is 60.4 Å². The van der Waals surface area contributed by atoms with Gasteiger partial charge in [0.05, 0.1) is 13.1 Å². The number of hydrogen-bond donors (Lipinski definition) is 2. The second-order valence-electron chi connectivity index (χ2n) is 13.4. The van der Waals surface area contributed by atoms with Crippen LogP contribution in [0.15, 0.2) is 0 Å². The first kappa shape index (κ1) is 33.8. The van der Waals surface area contributed by atoms with Crippen molar-refractivity contribution in [2.45, 2.75) is 107 Å². The Morgan fingerprint density at radius 3 is 1.19 bits per heavy atom. The highest BCUT2D eigenvalue weighted by molar-refractivity contribution is 5.90. The molecule has 0 saturated heterocycles. The van der Waals surface area contributed by atoms with Gasteiger partial charge in [-0.2, -0.15) is 0 Å². The molecule has 0 fully saturated rings. The molecule has 0 unspecified atom stereocenters. The summed E-state index contributed by atoms with van der Waals surface area (Å²) in [6, 6.07) is 0. The fraction of sp³-hybridized carbons (Fsp3) is 0.821. The number of carbonyl (C=O) groups is 5. The van der Waals surface area contributed by atoms with E-state index in [1.165, 1.54) is 4.90 Å². The minimum absolute atomic E-state index is 0.0443. The molecule has 3 amide bonds. The van der Waals surface area contributed by atoms with Crippen molar-refractivity contribution in [1.82, 2.24) is 15.5 Å². The van der Waals surface area contributed by atoms with Crippen LogP contribution < -0.4 is 10.6 Å². The van der Waals surface area contributed by atoms with Crippen molar-refractivity contribution in [3.8, 4) is 0 Å². The summed E-state index contributed by atoms with van der Waals surface area (Å²) in [4.78, 5) is 63.2. The first-order valence-corrected chi connectivity index (χ1v) is 13.1. The summed E-state index contributed by atoms with van der Waals surface area (Å²) in [5, 5.41) is 5.65. The van der Waals surface area contributed by atoms with Gasteiger partial charge in [-0.3, -0.25) is 24.0 Å². The fourth-order valence-corrected chi connectivity index (χ4v) is 3.50. The van der Waals surface area contributed by atoms with E-state index >= 15 is 0 Å². The minimum atomic E-state index is -0.268. The van der Waals surface area contributed by atoms with Crippen LogP contribution in [0.1, 0.15) is 107 Å². The van der Waals surface area contributed by atoms with Gasteiger partial charge < -0.3 is 15.5 Å². The van der Waals surface area contributed by atoms with Crippen molar-refractivity contribution in [3.05, 3.63) is 0 Å². The number of rotatable bonds is 15. The van der Waals surface area contributed by atoms with E-state index in [4.69, 9.17) is 0 Å². The van der Waals surface area contributed by atoms with Crippen LogP contribution in [0.4, 0.5) is 0 Å². The Balaban J connectivity index is 4.69.